The zero-order valence-electron chi connectivity index (χ0n) is 17.3. The molecule has 0 fully saturated rings. The molecular formula is C20H28N6O3. The zero-order chi connectivity index (χ0) is 21.5. The maximum atomic E-state index is 12.6. The van der Waals surface area contributed by atoms with E-state index in [1.807, 2.05) is 33.8 Å². The number of hydrogen-bond acceptors (Lipinski definition) is 4. The van der Waals surface area contributed by atoms with Crippen LogP contribution in [0.1, 0.15) is 55.9 Å². The van der Waals surface area contributed by atoms with Crippen molar-refractivity contribution in [1.82, 2.24) is 20.0 Å². The van der Waals surface area contributed by atoms with E-state index in [9.17, 15) is 14.4 Å². The summed E-state index contributed by atoms with van der Waals surface area (Å²) in [6, 6.07) is -0.217. The van der Waals surface area contributed by atoms with Gasteiger partial charge in [0.05, 0.1) is 24.3 Å². The van der Waals surface area contributed by atoms with Crippen LogP contribution in [0.4, 0.5) is 4.79 Å². The Bertz CT molecular complexity index is 935. The van der Waals surface area contributed by atoms with Crippen molar-refractivity contribution in [3.05, 3.63) is 34.7 Å². The summed E-state index contributed by atoms with van der Waals surface area (Å²) in [5.41, 5.74) is 13.0. The van der Waals surface area contributed by atoms with Crippen molar-refractivity contribution in [2.45, 2.75) is 52.7 Å². The molecule has 29 heavy (non-hydrogen) atoms. The number of nitrogens with one attached hydrogen (secondary N) is 1. The van der Waals surface area contributed by atoms with Crippen molar-refractivity contribution < 1.29 is 14.4 Å². The third kappa shape index (κ3) is 4.03. The van der Waals surface area contributed by atoms with Gasteiger partial charge in [-0.2, -0.15) is 5.10 Å². The van der Waals surface area contributed by atoms with Crippen molar-refractivity contribution in [1.29, 1.82) is 0 Å². The second-order valence-corrected chi connectivity index (χ2v) is 8.59. The molecule has 156 valence electrons. The summed E-state index contributed by atoms with van der Waals surface area (Å²) in [6.45, 7) is 8.68. The van der Waals surface area contributed by atoms with E-state index >= 15 is 0 Å². The van der Waals surface area contributed by atoms with Gasteiger partial charge in [-0.25, -0.2) is 4.79 Å². The Morgan fingerprint density at radius 2 is 1.86 bits per heavy atom. The maximum Gasteiger partial charge on any atom is 0.318 e. The molecule has 0 saturated heterocycles. The molecule has 0 saturated carbocycles. The van der Waals surface area contributed by atoms with Crippen LogP contribution in [0, 0.1) is 5.92 Å². The number of nitrogens with zero attached hydrogens (tertiary/aromatic N) is 3. The molecule has 1 aromatic rings. The van der Waals surface area contributed by atoms with Gasteiger partial charge in [0.1, 0.15) is 5.69 Å². The lowest BCUT2D eigenvalue weighted by atomic mass is 9.85. The molecule has 0 bridgehead atoms. The monoisotopic (exact) mass is 400 g/mol. The highest BCUT2D eigenvalue weighted by molar-refractivity contribution is 6.07. The van der Waals surface area contributed by atoms with Crippen molar-refractivity contribution in [3.8, 4) is 0 Å². The van der Waals surface area contributed by atoms with E-state index in [0.717, 1.165) is 0 Å². The number of carbonyl (C=O) groups excluding carboxylic acids is 3. The second-order valence-electron chi connectivity index (χ2n) is 8.59. The molecule has 2 aliphatic rings. The fourth-order valence-corrected chi connectivity index (χ4v) is 3.78. The summed E-state index contributed by atoms with van der Waals surface area (Å²) >= 11 is 0. The number of urea groups is 1. The Hall–Kier alpha value is -3.10. The van der Waals surface area contributed by atoms with Crippen LogP contribution >= 0.6 is 0 Å². The topological polar surface area (TPSA) is 136 Å². The minimum absolute atomic E-state index is 0.0824. The largest absolute Gasteiger partial charge is 0.366 e. The van der Waals surface area contributed by atoms with E-state index in [2.05, 4.69) is 10.4 Å². The first-order chi connectivity index (χ1) is 13.5. The van der Waals surface area contributed by atoms with E-state index in [1.54, 1.807) is 15.7 Å². The van der Waals surface area contributed by atoms with Gasteiger partial charge in [-0.15, -0.1) is 0 Å². The lowest BCUT2D eigenvalue weighted by Gasteiger charge is -2.31. The van der Waals surface area contributed by atoms with Gasteiger partial charge in [0.2, 0.25) is 5.91 Å². The Morgan fingerprint density at radius 3 is 2.45 bits per heavy atom. The minimum Gasteiger partial charge on any atom is -0.366 e. The molecule has 1 aliphatic heterocycles. The van der Waals surface area contributed by atoms with Crippen LogP contribution in [0.2, 0.25) is 0 Å². The number of fused-ring (bicyclic) bond motifs is 1. The smallest absolute Gasteiger partial charge is 0.318 e. The summed E-state index contributed by atoms with van der Waals surface area (Å²) in [5.74, 6) is -1.27. The minimum atomic E-state index is -0.651. The predicted molar refractivity (Wildman–Crippen MR) is 108 cm³/mol. The van der Waals surface area contributed by atoms with Gasteiger partial charge in [0.15, 0.2) is 0 Å². The summed E-state index contributed by atoms with van der Waals surface area (Å²) < 4.78 is 1.69. The van der Waals surface area contributed by atoms with Crippen molar-refractivity contribution >= 4 is 23.4 Å². The normalized spacial score (nSPS) is 19.2. The molecule has 1 aromatic heterocycles. The van der Waals surface area contributed by atoms with Gasteiger partial charge in [0.25, 0.3) is 5.91 Å². The third-order valence-electron chi connectivity index (χ3n) is 5.07. The fraction of sp³-hybridized carbons (Fsp3) is 0.500. The zero-order valence-corrected chi connectivity index (χ0v) is 17.3. The number of hydrogen-bond donors (Lipinski definition) is 3. The lowest BCUT2D eigenvalue weighted by molar-refractivity contribution is -0.115. The average Bonchev–Trinajstić information content (AvgIpc) is 2.98. The van der Waals surface area contributed by atoms with E-state index in [-0.39, 0.29) is 29.6 Å². The molecule has 9 nitrogen and oxygen atoms in total. The van der Waals surface area contributed by atoms with Crippen molar-refractivity contribution in [3.63, 3.8) is 0 Å². The Labute approximate surface area is 169 Å². The first-order valence-electron chi connectivity index (χ1n) is 9.67. The quantitative estimate of drug-likeness (QED) is 0.701. The number of nitrogens with two attached hydrogens (primary N) is 2. The highest BCUT2D eigenvalue weighted by Gasteiger charge is 2.33. The molecule has 1 aliphatic carbocycles. The van der Waals surface area contributed by atoms with Crippen molar-refractivity contribution in [2.24, 2.45) is 17.4 Å². The Kier molecular flexibility index (Phi) is 5.25. The van der Waals surface area contributed by atoms with Crippen LogP contribution in [0.3, 0.4) is 0 Å². The molecule has 9 heteroatoms. The molecule has 1 unspecified atom stereocenters. The number of carbonyl (C=O) groups is 3. The van der Waals surface area contributed by atoms with E-state index in [4.69, 9.17) is 11.5 Å². The number of amides is 4. The number of aromatic nitrogens is 2. The molecule has 4 amide bonds. The predicted octanol–water partition coefficient (Wildman–Crippen LogP) is 1.14. The first-order valence-corrected chi connectivity index (χ1v) is 9.67. The molecule has 5 N–H and O–H groups in total. The highest BCUT2D eigenvalue weighted by Crippen LogP contribution is 2.34. The van der Waals surface area contributed by atoms with Crippen LogP contribution in [0.5, 0.6) is 0 Å². The second kappa shape index (κ2) is 7.38. The SMILES string of the molecule is CC1CC=CC(c2nn3c(c2C(N)=O)CN(C(=O)NC(C)(C)C)CC3)=C1C(N)=O. The van der Waals surface area contributed by atoms with Gasteiger partial charge in [-0.3, -0.25) is 14.3 Å². The van der Waals surface area contributed by atoms with E-state index < -0.39 is 11.8 Å². The van der Waals surface area contributed by atoms with Crippen LogP contribution in [0.25, 0.3) is 5.57 Å². The number of primary amides is 2. The first kappa shape index (κ1) is 20.6. The molecule has 0 spiro atoms. The Morgan fingerprint density at radius 1 is 1.17 bits per heavy atom. The van der Waals surface area contributed by atoms with Crippen LogP contribution in [0.15, 0.2) is 17.7 Å². The van der Waals surface area contributed by atoms with Gasteiger partial charge < -0.3 is 21.7 Å². The van der Waals surface area contributed by atoms with E-state index in [1.165, 1.54) is 0 Å². The van der Waals surface area contributed by atoms with E-state index in [0.29, 0.717) is 42.0 Å². The number of rotatable bonds is 3. The average molecular weight is 400 g/mol. The van der Waals surface area contributed by atoms with Crippen LogP contribution in [-0.2, 0) is 17.9 Å². The summed E-state index contributed by atoms with van der Waals surface area (Å²) in [6.07, 6.45) is 4.38. The Balaban J connectivity index is 2.06. The molecule has 3 rings (SSSR count). The van der Waals surface area contributed by atoms with Gasteiger partial charge in [0, 0.05) is 23.2 Å². The van der Waals surface area contributed by atoms with Gasteiger partial charge in [-0.1, -0.05) is 19.1 Å². The molecular weight excluding hydrogens is 372 g/mol. The number of allylic oxidation sites excluding steroid dienone is 3. The van der Waals surface area contributed by atoms with Gasteiger partial charge >= 0.3 is 6.03 Å². The summed E-state index contributed by atoms with van der Waals surface area (Å²) in [5, 5.41) is 7.50. The summed E-state index contributed by atoms with van der Waals surface area (Å²) in [4.78, 5) is 38.6. The lowest BCUT2D eigenvalue weighted by Crippen LogP contribution is -2.50. The van der Waals surface area contributed by atoms with Crippen LogP contribution < -0.4 is 16.8 Å². The molecule has 0 radical (unpaired) electrons. The molecule has 0 aromatic carbocycles. The summed E-state index contributed by atoms with van der Waals surface area (Å²) in [7, 11) is 0. The van der Waals surface area contributed by atoms with Crippen molar-refractivity contribution in [2.75, 3.05) is 6.54 Å². The van der Waals surface area contributed by atoms with Gasteiger partial charge in [-0.05, 0) is 33.1 Å². The molecule has 2 heterocycles. The van der Waals surface area contributed by atoms with Crippen LogP contribution in [-0.4, -0.2) is 44.6 Å². The standard InChI is InChI=1S/C20H28N6O3/c1-11-6-5-7-12(14(11)17(21)27)16-15(18(22)28)13-10-25(8-9-26(13)24-16)19(29)23-20(2,3)4/h5,7,11H,6,8-10H2,1-4H3,(H2,21,27)(H2,22,28)(H,23,29). The third-order valence-corrected chi connectivity index (χ3v) is 5.07. The fourth-order valence-electron chi connectivity index (χ4n) is 3.78. The highest BCUT2D eigenvalue weighted by atomic mass is 16.2. The maximum absolute atomic E-state index is 12.6. The molecule has 1 atom stereocenters.